The molecule has 2 heterocycles. The predicted molar refractivity (Wildman–Crippen MR) is 112 cm³/mol. The second-order valence-corrected chi connectivity index (χ2v) is 7.44. The number of aryl methyl sites for hydroxylation is 2. The second kappa shape index (κ2) is 7.32. The Balaban J connectivity index is 1.72. The van der Waals surface area contributed by atoms with E-state index in [0.717, 1.165) is 27.7 Å². The Bertz CT molecular complexity index is 1070. The molecule has 144 valence electrons. The molecule has 1 N–H and O–H groups in total. The van der Waals surface area contributed by atoms with E-state index in [1.54, 1.807) is 7.05 Å². The van der Waals surface area contributed by atoms with Gasteiger partial charge in [-0.25, -0.2) is 4.98 Å². The van der Waals surface area contributed by atoms with Crippen molar-refractivity contribution < 1.29 is 9.53 Å². The Morgan fingerprint density at radius 3 is 2.86 bits per heavy atom. The van der Waals surface area contributed by atoms with E-state index in [2.05, 4.69) is 47.2 Å². The molecule has 0 saturated heterocycles. The number of benzene rings is 2. The van der Waals surface area contributed by atoms with Gasteiger partial charge in [0.2, 0.25) is 0 Å². The normalized spacial score (nSPS) is 15.9. The zero-order valence-corrected chi connectivity index (χ0v) is 16.9. The third-order valence-corrected chi connectivity index (χ3v) is 5.63. The number of amides is 1. The molecule has 3 aromatic rings. The van der Waals surface area contributed by atoms with Gasteiger partial charge in [-0.1, -0.05) is 35.9 Å². The van der Waals surface area contributed by atoms with Crippen LogP contribution in [-0.4, -0.2) is 30.6 Å². The Morgan fingerprint density at radius 2 is 2.07 bits per heavy atom. The molecule has 1 amide bonds. The Kier molecular flexibility index (Phi) is 4.85. The molecule has 0 saturated carbocycles. The van der Waals surface area contributed by atoms with Gasteiger partial charge in [-0.3, -0.25) is 4.79 Å². The number of nitrogens with one attached hydrogen (secondary N) is 1. The summed E-state index contributed by atoms with van der Waals surface area (Å²) in [5.74, 6) is 0.548. The summed E-state index contributed by atoms with van der Waals surface area (Å²) in [7, 11) is 1.62. The fourth-order valence-electron chi connectivity index (χ4n) is 3.57. The summed E-state index contributed by atoms with van der Waals surface area (Å²) in [6, 6.07) is 14.0. The molecule has 28 heavy (non-hydrogen) atoms. The van der Waals surface area contributed by atoms with Gasteiger partial charge in [0, 0.05) is 24.5 Å². The number of hydrogen-bond donors (Lipinski definition) is 1. The standard InChI is InChI=1S/C22H22ClN3O2/c1-13-8-9-15-10-16(21(23)25-20(15)14(13)2)11-26-12-19(22(27)24-3)28-18-7-5-4-6-17(18)26/h4-10,19H,11-12H2,1-3H3,(H,24,27)/t19-/m0/s1. The summed E-state index contributed by atoms with van der Waals surface area (Å²) in [6.07, 6.45) is -0.572. The van der Waals surface area contributed by atoms with Crippen molar-refractivity contribution in [3.05, 3.63) is 64.3 Å². The number of ether oxygens (including phenoxy) is 1. The molecule has 0 aliphatic carbocycles. The molecule has 0 unspecified atom stereocenters. The smallest absolute Gasteiger partial charge is 0.262 e. The predicted octanol–water partition coefficient (Wildman–Crippen LogP) is 4.02. The molecule has 2 aromatic carbocycles. The molecule has 5 nitrogen and oxygen atoms in total. The average molecular weight is 396 g/mol. The van der Waals surface area contributed by atoms with Gasteiger partial charge in [0.1, 0.15) is 10.9 Å². The number of carbonyl (C=O) groups excluding carboxylic acids is 1. The van der Waals surface area contributed by atoms with Gasteiger partial charge in [0.15, 0.2) is 6.10 Å². The van der Waals surface area contributed by atoms with Crippen LogP contribution in [0.1, 0.15) is 16.7 Å². The van der Waals surface area contributed by atoms with Crippen molar-refractivity contribution in [3.8, 4) is 5.75 Å². The van der Waals surface area contributed by atoms with Gasteiger partial charge in [-0.2, -0.15) is 0 Å². The van der Waals surface area contributed by atoms with E-state index in [9.17, 15) is 4.79 Å². The van der Waals surface area contributed by atoms with Crippen molar-refractivity contribution in [2.24, 2.45) is 0 Å². The van der Waals surface area contributed by atoms with E-state index in [0.29, 0.717) is 24.0 Å². The number of carbonyl (C=O) groups is 1. The van der Waals surface area contributed by atoms with Crippen LogP contribution in [0.2, 0.25) is 5.15 Å². The van der Waals surface area contributed by atoms with Gasteiger partial charge in [0.25, 0.3) is 5.91 Å². The topological polar surface area (TPSA) is 54.5 Å². The SMILES string of the molecule is CNC(=O)[C@@H]1CN(Cc2cc3ccc(C)c(C)c3nc2Cl)c2ccccc2O1. The van der Waals surface area contributed by atoms with E-state index in [1.165, 1.54) is 5.56 Å². The summed E-state index contributed by atoms with van der Waals surface area (Å²) >= 11 is 6.55. The van der Waals surface area contributed by atoms with E-state index in [1.807, 2.05) is 24.3 Å². The number of fused-ring (bicyclic) bond motifs is 2. The van der Waals surface area contributed by atoms with Crippen LogP contribution >= 0.6 is 11.6 Å². The van der Waals surface area contributed by atoms with Gasteiger partial charge in [-0.05, 0) is 43.2 Å². The minimum atomic E-state index is -0.572. The lowest BCUT2D eigenvalue weighted by atomic mass is 10.0. The highest BCUT2D eigenvalue weighted by molar-refractivity contribution is 6.30. The van der Waals surface area contributed by atoms with E-state index in [4.69, 9.17) is 16.3 Å². The fraction of sp³-hybridized carbons (Fsp3) is 0.273. The quantitative estimate of drug-likeness (QED) is 0.680. The van der Waals surface area contributed by atoms with Crippen LogP contribution in [0.5, 0.6) is 5.75 Å². The third-order valence-electron chi connectivity index (χ3n) is 5.30. The van der Waals surface area contributed by atoms with Crippen molar-refractivity contribution in [2.45, 2.75) is 26.5 Å². The van der Waals surface area contributed by atoms with E-state index in [-0.39, 0.29) is 5.91 Å². The Morgan fingerprint density at radius 1 is 1.29 bits per heavy atom. The maximum atomic E-state index is 12.2. The van der Waals surface area contributed by atoms with Crippen LogP contribution < -0.4 is 15.0 Å². The minimum Gasteiger partial charge on any atom is -0.477 e. The van der Waals surface area contributed by atoms with Gasteiger partial charge in [-0.15, -0.1) is 0 Å². The average Bonchev–Trinajstić information content (AvgIpc) is 2.71. The molecule has 0 bridgehead atoms. The van der Waals surface area contributed by atoms with Crippen LogP contribution in [0, 0.1) is 13.8 Å². The Hall–Kier alpha value is -2.79. The number of nitrogens with zero attached hydrogens (tertiary/aromatic N) is 2. The lowest BCUT2D eigenvalue weighted by molar-refractivity contribution is -0.127. The molecule has 4 rings (SSSR count). The maximum absolute atomic E-state index is 12.2. The molecular weight excluding hydrogens is 374 g/mol. The summed E-state index contributed by atoms with van der Waals surface area (Å²) < 4.78 is 5.88. The highest BCUT2D eigenvalue weighted by Gasteiger charge is 2.30. The first-order valence-corrected chi connectivity index (χ1v) is 9.63. The van der Waals surface area contributed by atoms with Crippen molar-refractivity contribution >= 4 is 34.1 Å². The first-order valence-electron chi connectivity index (χ1n) is 9.25. The van der Waals surface area contributed by atoms with Gasteiger partial charge >= 0.3 is 0 Å². The molecule has 1 aliphatic heterocycles. The van der Waals surface area contributed by atoms with Gasteiger partial charge < -0.3 is 15.0 Å². The van der Waals surface area contributed by atoms with Crippen LogP contribution in [0.4, 0.5) is 5.69 Å². The first kappa shape index (κ1) is 18.6. The summed E-state index contributed by atoms with van der Waals surface area (Å²) in [5.41, 5.74) is 5.13. The van der Waals surface area contributed by atoms with Gasteiger partial charge in [0.05, 0.1) is 17.7 Å². The third kappa shape index (κ3) is 3.27. The van der Waals surface area contributed by atoms with Crippen molar-refractivity contribution in [1.82, 2.24) is 10.3 Å². The highest BCUT2D eigenvalue weighted by Crippen LogP contribution is 2.35. The van der Waals surface area contributed by atoms with Crippen LogP contribution in [-0.2, 0) is 11.3 Å². The zero-order valence-electron chi connectivity index (χ0n) is 16.1. The molecule has 1 aromatic heterocycles. The number of likely N-dealkylation sites (N-methyl/N-ethyl adjacent to an activating group) is 1. The molecule has 6 heteroatoms. The first-order chi connectivity index (χ1) is 13.5. The van der Waals surface area contributed by atoms with Crippen LogP contribution in [0.3, 0.4) is 0 Å². The van der Waals surface area contributed by atoms with Crippen molar-refractivity contribution in [2.75, 3.05) is 18.5 Å². The fourth-order valence-corrected chi connectivity index (χ4v) is 3.77. The molecule has 1 atom stereocenters. The minimum absolute atomic E-state index is 0.145. The lowest BCUT2D eigenvalue weighted by Crippen LogP contribution is -2.48. The van der Waals surface area contributed by atoms with E-state index >= 15 is 0 Å². The Labute approximate surface area is 169 Å². The summed E-state index contributed by atoms with van der Waals surface area (Å²) in [4.78, 5) is 19.0. The molecular formula is C22H22ClN3O2. The molecule has 0 spiro atoms. The number of hydrogen-bond acceptors (Lipinski definition) is 4. The molecule has 0 fully saturated rings. The van der Waals surface area contributed by atoms with Crippen LogP contribution in [0.25, 0.3) is 10.9 Å². The highest BCUT2D eigenvalue weighted by atomic mass is 35.5. The molecule has 1 aliphatic rings. The van der Waals surface area contributed by atoms with Crippen LogP contribution in [0.15, 0.2) is 42.5 Å². The van der Waals surface area contributed by atoms with Crippen molar-refractivity contribution in [3.63, 3.8) is 0 Å². The number of aromatic nitrogens is 1. The lowest BCUT2D eigenvalue weighted by Gasteiger charge is -2.35. The number of anilines is 1. The number of rotatable bonds is 3. The zero-order chi connectivity index (χ0) is 19.8. The second-order valence-electron chi connectivity index (χ2n) is 7.09. The number of pyridine rings is 1. The monoisotopic (exact) mass is 395 g/mol. The van der Waals surface area contributed by atoms with E-state index < -0.39 is 6.10 Å². The van der Waals surface area contributed by atoms with Crippen molar-refractivity contribution in [1.29, 1.82) is 0 Å². The maximum Gasteiger partial charge on any atom is 0.262 e. The number of halogens is 1. The largest absolute Gasteiger partial charge is 0.477 e. The summed E-state index contributed by atoms with van der Waals surface area (Å²) in [6.45, 7) is 5.12. The number of para-hydroxylation sites is 2. The molecule has 0 radical (unpaired) electrons. The summed E-state index contributed by atoms with van der Waals surface area (Å²) in [5, 5.41) is 4.22.